The molecule has 0 aliphatic heterocycles. The van der Waals surface area contributed by atoms with Gasteiger partial charge in [-0.05, 0) is 25.9 Å². The first-order chi connectivity index (χ1) is 5.35. The Morgan fingerprint density at radius 2 is 1.73 bits per heavy atom. The molecule has 0 rings (SSSR count). The lowest BCUT2D eigenvalue weighted by atomic mass is 10.4. The molecule has 0 aromatic carbocycles. The van der Waals surface area contributed by atoms with Gasteiger partial charge in [-0.3, -0.25) is 0 Å². The van der Waals surface area contributed by atoms with Crippen molar-refractivity contribution < 1.29 is 0 Å². The van der Waals surface area contributed by atoms with Gasteiger partial charge in [0, 0.05) is 10.2 Å². The second-order valence-electron chi connectivity index (χ2n) is 3.20. The molecular formula is C8H23NSi2. The second-order valence-corrected chi connectivity index (χ2v) is 6.24. The number of nitrogens with zero attached hydrogens (tertiary/aromatic N) is 1. The van der Waals surface area contributed by atoms with Crippen LogP contribution >= 0.6 is 0 Å². The van der Waals surface area contributed by atoms with Crippen LogP contribution in [0.25, 0.3) is 0 Å². The van der Waals surface area contributed by atoms with Gasteiger partial charge in [-0.1, -0.05) is 25.9 Å². The van der Waals surface area contributed by atoms with Crippen LogP contribution in [-0.2, 0) is 0 Å². The lowest BCUT2D eigenvalue weighted by Crippen LogP contribution is -2.29. The fourth-order valence-electron chi connectivity index (χ4n) is 1.35. The molecule has 0 bridgehead atoms. The highest BCUT2D eigenvalue weighted by Crippen LogP contribution is 1.95. The van der Waals surface area contributed by atoms with E-state index in [1.54, 1.807) is 6.04 Å². The molecule has 3 heteroatoms. The van der Waals surface area contributed by atoms with E-state index < -0.39 is 0 Å². The van der Waals surface area contributed by atoms with Gasteiger partial charge in [0.05, 0.1) is 9.68 Å². The largest absolute Gasteiger partial charge is 0.329 e. The Balaban J connectivity index is 3.34. The maximum Gasteiger partial charge on any atom is 0.0947 e. The van der Waals surface area contributed by atoms with Gasteiger partial charge in [-0.15, -0.1) is 0 Å². The lowest BCUT2D eigenvalue weighted by molar-refractivity contribution is 0.440. The van der Waals surface area contributed by atoms with Crippen molar-refractivity contribution >= 4 is 19.9 Å². The zero-order valence-corrected chi connectivity index (χ0v) is 11.8. The standard InChI is InChI=1S/C8H23NSi2/c1-3-5-9(6-4-2)11-8-7-10/h3-8,11H2,1-2,10H3. The molecule has 68 valence electrons. The SMILES string of the molecule is CCCN(CCC)[SiH2]CC[SiH3]. The summed E-state index contributed by atoms with van der Waals surface area (Å²) in [5, 5.41) is 0. The number of hydrogen-bond acceptors (Lipinski definition) is 1. The smallest absolute Gasteiger partial charge is 0.0947 e. The zero-order chi connectivity index (χ0) is 8.53. The lowest BCUT2D eigenvalue weighted by Gasteiger charge is -2.19. The highest BCUT2D eigenvalue weighted by Gasteiger charge is 2.00. The van der Waals surface area contributed by atoms with Crippen LogP contribution in [0.1, 0.15) is 26.7 Å². The van der Waals surface area contributed by atoms with Crippen molar-refractivity contribution in [3.05, 3.63) is 0 Å². The maximum atomic E-state index is 2.73. The molecule has 0 saturated carbocycles. The molecule has 0 aromatic heterocycles. The van der Waals surface area contributed by atoms with Gasteiger partial charge in [-0.25, -0.2) is 0 Å². The van der Waals surface area contributed by atoms with Gasteiger partial charge >= 0.3 is 0 Å². The number of hydrogen-bond donors (Lipinski definition) is 0. The van der Waals surface area contributed by atoms with E-state index in [0.717, 1.165) is 0 Å². The summed E-state index contributed by atoms with van der Waals surface area (Å²) in [6.45, 7) is 7.30. The van der Waals surface area contributed by atoms with Gasteiger partial charge in [0.1, 0.15) is 0 Å². The summed E-state index contributed by atoms with van der Waals surface area (Å²) >= 11 is 0. The van der Waals surface area contributed by atoms with E-state index in [0.29, 0.717) is 0 Å². The molecule has 0 spiro atoms. The minimum atomic E-state index is 0.171. The van der Waals surface area contributed by atoms with Gasteiger partial charge in [-0.2, -0.15) is 0 Å². The third-order valence-corrected chi connectivity index (χ3v) is 6.32. The van der Waals surface area contributed by atoms with Crippen molar-refractivity contribution in [1.29, 1.82) is 0 Å². The van der Waals surface area contributed by atoms with Crippen molar-refractivity contribution in [1.82, 2.24) is 4.57 Å². The average Bonchev–Trinajstić information content (AvgIpc) is 2.01. The van der Waals surface area contributed by atoms with Gasteiger partial charge in [0.25, 0.3) is 0 Å². The molecule has 0 N–H and O–H groups in total. The van der Waals surface area contributed by atoms with Crippen LogP contribution < -0.4 is 0 Å². The van der Waals surface area contributed by atoms with E-state index in [9.17, 15) is 0 Å². The summed E-state index contributed by atoms with van der Waals surface area (Å²) in [5.74, 6) is 0. The molecule has 11 heavy (non-hydrogen) atoms. The monoisotopic (exact) mass is 189 g/mol. The normalized spacial score (nSPS) is 12.3. The fraction of sp³-hybridized carbons (Fsp3) is 1.00. The van der Waals surface area contributed by atoms with E-state index in [4.69, 9.17) is 0 Å². The minimum Gasteiger partial charge on any atom is -0.329 e. The first kappa shape index (κ1) is 11.4. The predicted octanol–water partition coefficient (Wildman–Crippen LogP) is 0.394. The summed E-state index contributed by atoms with van der Waals surface area (Å²) in [6, 6.07) is 3.09. The van der Waals surface area contributed by atoms with Crippen LogP contribution in [0.2, 0.25) is 12.1 Å². The molecule has 0 amide bonds. The molecule has 0 aliphatic rings. The summed E-state index contributed by atoms with van der Waals surface area (Å²) in [5.41, 5.74) is 0. The Morgan fingerprint density at radius 3 is 2.09 bits per heavy atom. The molecule has 0 heterocycles. The quantitative estimate of drug-likeness (QED) is 0.524. The predicted molar refractivity (Wildman–Crippen MR) is 60.3 cm³/mol. The Labute approximate surface area is 76.9 Å². The molecule has 1 nitrogen and oxygen atoms in total. The third-order valence-electron chi connectivity index (χ3n) is 1.91. The van der Waals surface area contributed by atoms with Crippen molar-refractivity contribution in [3.8, 4) is 0 Å². The molecule has 0 radical (unpaired) electrons. The van der Waals surface area contributed by atoms with Crippen molar-refractivity contribution in [2.24, 2.45) is 0 Å². The van der Waals surface area contributed by atoms with Gasteiger partial charge in [0.15, 0.2) is 0 Å². The summed E-state index contributed by atoms with van der Waals surface area (Å²) in [7, 11) is 1.58. The van der Waals surface area contributed by atoms with E-state index in [2.05, 4.69) is 18.4 Å². The van der Waals surface area contributed by atoms with Crippen LogP contribution in [0.4, 0.5) is 0 Å². The first-order valence-corrected chi connectivity index (χ1v) is 8.12. The van der Waals surface area contributed by atoms with Crippen LogP contribution in [0, 0.1) is 0 Å². The van der Waals surface area contributed by atoms with Gasteiger partial charge in [0.2, 0.25) is 0 Å². The molecule has 0 aromatic rings. The summed E-state index contributed by atoms with van der Waals surface area (Å²) < 4.78 is 2.73. The van der Waals surface area contributed by atoms with Crippen molar-refractivity contribution in [2.45, 2.75) is 38.8 Å². The Morgan fingerprint density at radius 1 is 1.18 bits per heavy atom. The molecule has 0 aliphatic carbocycles. The van der Waals surface area contributed by atoms with Crippen LogP contribution in [0.3, 0.4) is 0 Å². The average molecular weight is 189 g/mol. The van der Waals surface area contributed by atoms with Crippen LogP contribution in [-0.4, -0.2) is 37.6 Å². The van der Waals surface area contributed by atoms with Crippen LogP contribution in [0.5, 0.6) is 0 Å². The molecule has 0 atom stereocenters. The Bertz CT molecular complexity index is 72.5. The van der Waals surface area contributed by atoms with E-state index in [1.165, 1.54) is 42.2 Å². The highest BCUT2D eigenvalue weighted by molar-refractivity contribution is 6.33. The first-order valence-electron chi connectivity index (χ1n) is 5.07. The third kappa shape index (κ3) is 6.78. The van der Waals surface area contributed by atoms with E-state index >= 15 is 0 Å². The van der Waals surface area contributed by atoms with Crippen molar-refractivity contribution in [3.63, 3.8) is 0 Å². The van der Waals surface area contributed by atoms with Gasteiger partial charge < -0.3 is 4.57 Å². The summed E-state index contributed by atoms with van der Waals surface area (Å²) in [4.78, 5) is 0. The fourth-order valence-corrected chi connectivity index (χ4v) is 4.14. The second kappa shape index (κ2) is 8.49. The Kier molecular flexibility index (Phi) is 8.79. The molecular weight excluding hydrogens is 166 g/mol. The zero-order valence-electron chi connectivity index (χ0n) is 8.40. The van der Waals surface area contributed by atoms with E-state index in [-0.39, 0.29) is 9.68 Å². The Hall–Kier alpha value is 0.394. The highest BCUT2D eigenvalue weighted by atomic mass is 28.2. The minimum absolute atomic E-state index is 0.171. The molecule has 0 saturated heterocycles. The van der Waals surface area contributed by atoms with E-state index in [1.807, 2.05) is 0 Å². The topological polar surface area (TPSA) is 3.24 Å². The molecule has 0 unspecified atom stereocenters. The number of rotatable bonds is 7. The molecule has 0 fully saturated rings. The maximum absolute atomic E-state index is 2.73. The summed E-state index contributed by atoms with van der Waals surface area (Å²) in [6.07, 6.45) is 2.68. The van der Waals surface area contributed by atoms with Crippen molar-refractivity contribution in [2.75, 3.05) is 13.1 Å². The van der Waals surface area contributed by atoms with Crippen LogP contribution in [0.15, 0.2) is 0 Å².